The maximum Gasteiger partial charge on any atom is 0.355 e. The summed E-state index contributed by atoms with van der Waals surface area (Å²) in [6, 6.07) is 2.70. The lowest BCUT2D eigenvalue weighted by Gasteiger charge is -2.25. The number of aliphatic hydroxyl groups excluding tert-OH is 1. The van der Waals surface area contributed by atoms with Crippen LogP contribution in [0.2, 0.25) is 0 Å². The number of pyridine rings is 1. The zero-order chi connectivity index (χ0) is 24.3. The summed E-state index contributed by atoms with van der Waals surface area (Å²) in [6.45, 7) is 6.36. The molecule has 2 aromatic heterocycles. The lowest BCUT2D eigenvalue weighted by Crippen LogP contribution is -2.32. The number of H-pyrrole nitrogens is 1. The Morgan fingerprint density at radius 2 is 1.91 bits per heavy atom. The van der Waals surface area contributed by atoms with Crippen molar-refractivity contribution in [1.82, 2.24) is 19.8 Å². The largest absolute Gasteiger partial charge is 0.507 e. The normalized spacial score (nSPS) is 17.8. The van der Waals surface area contributed by atoms with Crippen LogP contribution in [-0.4, -0.2) is 76.3 Å². The smallest absolute Gasteiger partial charge is 0.355 e. The van der Waals surface area contributed by atoms with E-state index >= 15 is 0 Å². The molecule has 1 atom stereocenters. The molecule has 1 saturated heterocycles. The number of carbonyl (C=O) groups is 3. The standard InChI is InChI=1S/C24H30N4O5/c1-6-33-24(32)19-14(2)17(15(3)26-19)21(29)18-20(16-8-10-25-11-9-16)28(23(31)22(18)30)13-7-12-27(4)5/h8-11,20,26,29H,6-7,12-13H2,1-5H3/b21-18-. The fourth-order valence-electron chi connectivity index (χ4n) is 4.21. The number of hydrogen-bond acceptors (Lipinski definition) is 7. The Bertz CT molecular complexity index is 1090. The van der Waals surface area contributed by atoms with Crippen molar-refractivity contribution in [2.75, 3.05) is 33.8 Å². The summed E-state index contributed by atoms with van der Waals surface area (Å²) < 4.78 is 5.08. The van der Waals surface area contributed by atoms with Crippen molar-refractivity contribution in [2.24, 2.45) is 0 Å². The van der Waals surface area contributed by atoms with Crippen molar-refractivity contribution >= 4 is 23.4 Å². The quantitative estimate of drug-likeness (QED) is 0.273. The zero-order valence-corrected chi connectivity index (χ0v) is 19.6. The van der Waals surface area contributed by atoms with Gasteiger partial charge in [-0.1, -0.05) is 0 Å². The number of aromatic nitrogens is 2. The Kier molecular flexibility index (Phi) is 7.33. The number of ether oxygens (including phenoxy) is 1. The van der Waals surface area contributed by atoms with Gasteiger partial charge in [0, 0.05) is 30.2 Å². The van der Waals surface area contributed by atoms with Gasteiger partial charge in [0.15, 0.2) is 0 Å². The highest BCUT2D eigenvalue weighted by atomic mass is 16.5. The molecule has 3 rings (SSSR count). The van der Waals surface area contributed by atoms with Gasteiger partial charge in [0.2, 0.25) is 0 Å². The van der Waals surface area contributed by atoms with Gasteiger partial charge in [-0.15, -0.1) is 0 Å². The molecule has 3 heterocycles. The zero-order valence-electron chi connectivity index (χ0n) is 19.6. The molecular weight excluding hydrogens is 424 g/mol. The highest BCUT2D eigenvalue weighted by molar-refractivity contribution is 6.46. The van der Waals surface area contributed by atoms with Gasteiger partial charge in [0.1, 0.15) is 11.5 Å². The third-order valence-electron chi connectivity index (χ3n) is 5.72. The number of aryl methyl sites for hydroxylation is 1. The van der Waals surface area contributed by atoms with Crippen LogP contribution >= 0.6 is 0 Å². The number of hydrogen-bond donors (Lipinski definition) is 2. The Morgan fingerprint density at radius 3 is 2.52 bits per heavy atom. The Hall–Kier alpha value is -3.46. The monoisotopic (exact) mass is 454 g/mol. The van der Waals surface area contributed by atoms with E-state index in [1.54, 1.807) is 45.3 Å². The van der Waals surface area contributed by atoms with E-state index in [1.165, 1.54) is 4.90 Å². The first-order valence-electron chi connectivity index (χ1n) is 10.9. The minimum Gasteiger partial charge on any atom is -0.507 e. The van der Waals surface area contributed by atoms with Gasteiger partial charge >= 0.3 is 5.97 Å². The molecule has 33 heavy (non-hydrogen) atoms. The predicted octanol–water partition coefficient (Wildman–Crippen LogP) is 2.58. The number of ketones is 1. The number of esters is 1. The summed E-state index contributed by atoms with van der Waals surface area (Å²) >= 11 is 0. The van der Waals surface area contributed by atoms with Crippen LogP contribution in [-0.2, 0) is 14.3 Å². The first-order valence-corrected chi connectivity index (χ1v) is 10.9. The molecule has 2 aromatic rings. The van der Waals surface area contributed by atoms with Gasteiger partial charge in [-0.25, -0.2) is 4.79 Å². The molecule has 1 amide bonds. The van der Waals surface area contributed by atoms with E-state index in [-0.39, 0.29) is 23.6 Å². The second kappa shape index (κ2) is 9.99. The van der Waals surface area contributed by atoms with E-state index in [4.69, 9.17) is 4.74 Å². The van der Waals surface area contributed by atoms with Crippen LogP contribution in [0.15, 0.2) is 30.1 Å². The molecule has 0 aromatic carbocycles. The summed E-state index contributed by atoms with van der Waals surface area (Å²) in [5.41, 5.74) is 2.15. The van der Waals surface area contributed by atoms with Gasteiger partial charge in [-0.05, 0) is 71.1 Å². The van der Waals surface area contributed by atoms with E-state index in [9.17, 15) is 19.5 Å². The maximum atomic E-state index is 13.1. The van der Waals surface area contributed by atoms with Crippen LogP contribution in [0, 0.1) is 13.8 Å². The highest BCUT2D eigenvalue weighted by Crippen LogP contribution is 2.40. The molecule has 1 fully saturated rings. The summed E-state index contributed by atoms with van der Waals surface area (Å²) in [5.74, 6) is -2.27. The number of amides is 1. The van der Waals surface area contributed by atoms with Crippen LogP contribution in [0.4, 0.5) is 0 Å². The molecule has 9 heteroatoms. The molecule has 0 saturated carbocycles. The van der Waals surface area contributed by atoms with Crippen LogP contribution < -0.4 is 0 Å². The topological polar surface area (TPSA) is 116 Å². The minimum absolute atomic E-state index is 0.00309. The molecule has 1 aliphatic rings. The number of carbonyl (C=O) groups excluding carboxylic acids is 3. The van der Waals surface area contributed by atoms with Crippen molar-refractivity contribution < 1.29 is 24.2 Å². The number of nitrogens with one attached hydrogen (secondary N) is 1. The van der Waals surface area contributed by atoms with Gasteiger partial charge in [0.05, 0.1) is 18.2 Å². The average molecular weight is 455 g/mol. The van der Waals surface area contributed by atoms with Gasteiger partial charge in [-0.3, -0.25) is 14.6 Å². The lowest BCUT2D eigenvalue weighted by atomic mass is 9.94. The molecule has 0 radical (unpaired) electrons. The van der Waals surface area contributed by atoms with Gasteiger partial charge in [-0.2, -0.15) is 0 Å². The first kappa shape index (κ1) is 24.2. The Balaban J connectivity index is 2.13. The van der Waals surface area contributed by atoms with Crippen LogP contribution in [0.25, 0.3) is 5.76 Å². The molecule has 1 unspecified atom stereocenters. The summed E-state index contributed by atoms with van der Waals surface area (Å²) in [5, 5.41) is 11.3. The number of likely N-dealkylation sites (tertiary alicyclic amines) is 1. The third kappa shape index (κ3) is 4.68. The van der Waals surface area contributed by atoms with Crippen LogP contribution in [0.1, 0.15) is 52.3 Å². The van der Waals surface area contributed by atoms with Crippen LogP contribution in [0.5, 0.6) is 0 Å². The predicted molar refractivity (Wildman–Crippen MR) is 123 cm³/mol. The first-order chi connectivity index (χ1) is 15.7. The third-order valence-corrected chi connectivity index (χ3v) is 5.72. The van der Waals surface area contributed by atoms with Gasteiger partial charge in [0.25, 0.3) is 11.7 Å². The van der Waals surface area contributed by atoms with Crippen molar-refractivity contribution in [1.29, 1.82) is 0 Å². The fourth-order valence-corrected chi connectivity index (χ4v) is 4.21. The number of nitrogens with zero attached hydrogens (tertiary/aromatic N) is 3. The Morgan fingerprint density at radius 1 is 1.24 bits per heavy atom. The molecule has 0 spiro atoms. The van der Waals surface area contributed by atoms with E-state index < -0.39 is 23.7 Å². The van der Waals surface area contributed by atoms with Crippen molar-refractivity contribution in [2.45, 2.75) is 33.2 Å². The summed E-state index contributed by atoms with van der Waals surface area (Å²) in [4.78, 5) is 48.9. The van der Waals surface area contributed by atoms with Gasteiger partial charge < -0.3 is 24.6 Å². The fraction of sp³-hybridized carbons (Fsp3) is 0.417. The second-order valence-corrected chi connectivity index (χ2v) is 8.28. The van der Waals surface area contributed by atoms with Crippen LogP contribution in [0.3, 0.4) is 0 Å². The number of aliphatic hydroxyl groups is 1. The molecular formula is C24H30N4O5. The SMILES string of the molecule is CCOC(=O)c1[nH]c(C)c(/C(O)=C2/C(=O)C(=O)N(CCCN(C)C)C2c2ccncc2)c1C. The van der Waals surface area contributed by atoms with E-state index in [0.29, 0.717) is 35.3 Å². The Labute approximate surface area is 193 Å². The molecule has 0 bridgehead atoms. The maximum absolute atomic E-state index is 13.1. The lowest BCUT2D eigenvalue weighted by molar-refractivity contribution is -0.139. The van der Waals surface area contributed by atoms with Crippen molar-refractivity contribution in [3.63, 3.8) is 0 Å². The summed E-state index contributed by atoms with van der Waals surface area (Å²) in [6.07, 6.45) is 3.83. The molecule has 1 aliphatic heterocycles. The van der Waals surface area contributed by atoms with Crippen molar-refractivity contribution in [3.05, 3.63) is 58.2 Å². The average Bonchev–Trinajstić information content (AvgIpc) is 3.21. The van der Waals surface area contributed by atoms with E-state index in [2.05, 4.69) is 9.97 Å². The van der Waals surface area contributed by atoms with E-state index in [0.717, 1.165) is 6.54 Å². The van der Waals surface area contributed by atoms with E-state index in [1.807, 2.05) is 19.0 Å². The molecule has 2 N–H and O–H groups in total. The summed E-state index contributed by atoms with van der Waals surface area (Å²) in [7, 11) is 3.88. The second-order valence-electron chi connectivity index (χ2n) is 8.28. The molecule has 176 valence electrons. The number of Topliss-reactive ketones (excluding diaryl/α,β-unsaturated/α-hetero) is 1. The molecule has 9 nitrogen and oxygen atoms in total. The molecule has 0 aliphatic carbocycles. The highest BCUT2D eigenvalue weighted by Gasteiger charge is 2.46. The number of aromatic amines is 1. The number of rotatable bonds is 8. The van der Waals surface area contributed by atoms with Crippen molar-refractivity contribution in [3.8, 4) is 0 Å². The minimum atomic E-state index is -0.755.